The van der Waals surface area contributed by atoms with Crippen LogP contribution in [0.5, 0.6) is 5.75 Å². The molecular weight excluding hydrogens is 535 g/mol. The van der Waals surface area contributed by atoms with E-state index in [9.17, 15) is 28.1 Å². The van der Waals surface area contributed by atoms with E-state index in [1.165, 1.54) is 12.1 Å². The van der Waals surface area contributed by atoms with E-state index in [2.05, 4.69) is 0 Å². The minimum Gasteiger partial charge on any atom is -0.483 e. The third-order valence-electron chi connectivity index (χ3n) is 6.66. The number of carbonyl (C=O) groups is 2. The van der Waals surface area contributed by atoms with Gasteiger partial charge in [0.2, 0.25) is 5.91 Å². The predicted octanol–water partition coefficient (Wildman–Crippen LogP) is 1.76. The summed E-state index contributed by atoms with van der Waals surface area (Å²) in [5.74, 6) is -1.30. The van der Waals surface area contributed by atoms with Crippen molar-refractivity contribution < 1.29 is 36.8 Å². The van der Waals surface area contributed by atoms with Crippen LogP contribution in [0.3, 0.4) is 0 Å². The molecule has 2 aliphatic rings. The van der Waals surface area contributed by atoms with Crippen LogP contribution < -0.4 is 9.46 Å². The van der Waals surface area contributed by atoms with Crippen LogP contribution in [0.25, 0.3) is 0 Å². The standard InChI is InChI=1S/C25H29FN4O8S/c26-25(8-10-29(11-9-25)23(31)17-28-12-14-37-15-13-28)18-38-22-7-6-20(16-21(22)30(33)34)39(35,36)27-24(32)19-4-2-1-3-5-19/h1-7,16H,8-15,17-18H2,(H,27,32). The second-order valence-electron chi connectivity index (χ2n) is 9.40. The van der Waals surface area contributed by atoms with Gasteiger partial charge in [0.25, 0.3) is 15.9 Å². The molecule has 210 valence electrons. The molecule has 0 aromatic heterocycles. The highest BCUT2D eigenvalue weighted by atomic mass is 32.2. The fourth-order valence-electron chi connectivity index (χ4n) is 4.32. The van der Waals surface area contributed by atoms with Crippen LogP contribution >= 0.6 is 0 Å². The number of hydrogen-bond acceptors (Lipinski definition) is 9. The number of sulfonamides is 1. The first-order valence-electron chi connectivity index (χ1n) is 12.4. The van der Waals surface area contributed by atoms with Gasteiger partial charge in [-0.3, -0.25) is 24.6 Å². The van der Waals surface area contributed by atoms with E-state index in [1.807, 2.05) is 9.62 Å². The molecule has 2 aromatic rings. The second kappa shape index (κ2) is 12.1. The molecule has 0 spiro atoms. The number of nitrogens with zero attached hydrogens (tertiary/aromatic N) is 3. The van der Waals surface area contributed by atoms with Gasteiger partial charge < -0.3 is 14.4 Å². The molecule has 2 aromatic carbocycles. The van der Waals surface area contributed by atoms with Gasteiger partial charge in [0.05, 0.1) is 29.6 Å². The summed E-state index contributed by atoms with van der Waals surface area (Å²) in [6.07, 6.45) is -0.0126. The van der Waals surface area contributed by atoms with E-state index >= 15 is 4.39 Å². The molecule has 0 atom stereocenters. The second-order valence-corrected chi connectivity index (χ2v) is 11.1. The number of likely N-dealkylation sites (tertiary alicyclic amines) is 1. The summed E-state index contributed by atoms with van der Waals surface area (Å²) >= 11 is 0. The number of ether oxygens (including phenoxy) is 2. The molecule has 0 unspecified atom stereocenters. The van der Waals surface area contributed by atoms with Crippen molar-refractivity contribution in [3.05, 3.63) is 64.2 Å². The number of hydrogen-bond donors (Lipinski definition) is 1. The quantitative estimate of drug-likeness (QED) is 0.355. The molecule has 2 saturated heterocycles. The summed E-state index contributed by atoms with van der Waals surface area (Å²) in [7, 11) is -4.43. The zero-order valence-corrected chi connectivity index (χ0v) is 21.9. The van der Waals surface area contributed by atoms with Crippen LogP contribution in [0.15, 0.2) is 53.4 Å². The number of nitro benzene ring substituents is 1. The van der Waals surface area contributed by atoms with Gasteiger partial charge in [-0.15, -0.1) is 0 Å². The minimum absolute atomic E-state index is 0.00632. The first-order chi connectivity index (χ1) is 18.6. The number of halogens is 1. The maximum absolute atomic E-state index is 15.5. The molecular formula is C25H29FN4O8S. The third-order valence-corrected chi connectivity index (χ3v) is 7.99. The van der Waals surface area contributed by atoms with Gasteiger partial charge in [-0.25, -0.2) is 17.5 Å². The smallest absolute Gasteiger partial charge is 0.312 e. The summed E-state index contributed by atoms with van der Waals surface area (Å²) in [6.45, 7) is 2.58. The van der Waals surface area contributed by atoms with E-state index in [1.54, 1.807) is 23.1 Å². The lowest BCUT2D eigenvalue weighted by Crippen LogP contribution is -2.50. The van der Waals surface area contributed by atoms with Crippen molar-refractivity contribution in [2.45, 2.75) is 23.4 Å². The topological polar surface area (TPSA) is 148 Å². The maximum atomic E-state index is 15.5. The van der Waals surface area contributed by atoms with Gasteiger partial charge in [0, 0.05) is 50.7 Å². The minimum atomic E-state index is -4.43. The molecule has 2 aliphatic heterocycles. The lowest BCUT2D eigenvalue weighted by Gasteiger charge is -2.37. The number of carbonyl (C=O) groups excluding carboxylic acids is 2. The SMILES string of the molecule is O=C(NS(=O)(=O)c1ccc(OCC2(F)CCN(C(=O)CN3CCOCC3)CC2)c([N+](=O)[O-])c1)c1ccccc1. The van der Waals surface area contributed by atoms with Crippen LogP contribution in [0, 0.1) is 10.1 Å². The molecule has 2 fully saturated rings. The van der Waals surface area contributed by atoms with Crippen LogP contribution in [0.1, 0.15) is 23.2 Å². The van der Waals surface area contributed by atoms with Crippen LogP contribution in [-0.4, -0.2) is 93.2 Å². The zero-order chi connectivity index (χ0) is 28.0. The summed E-state index contributed by atoms with van der Waals surface area (Å²) in [5, 5.41) is 11.7. The number of nitro groups is 1. The molecule has 4 rings (SSSR count). The number of morpholine rings is 1. The van der Waals surface area contributed by atoms with E-state index in [4.69, 9.17) is 9.47 Å². The van der Waals surface area contributed by atoms with E-state index < -0.39 is 43.7 Å². The Labute approximate surface area is 224 Å². The predicted molar refractivity (Wildman–Crippen MR) is 137 cm³/mol. The summed E-state index contributed by atoms with van der Waals surface area (Å²) < 4.78 is 53.4. The maximum Gasteiger partial charge on any atom is 0.312 e. The molecule has 39 heavy (non-hydrogen) atoms. The molecule has 2 heterocycles. The normalized spacial score (nSPS) is 17.8. The fourth-order valence-corrected chi connectivity index (χ4v) is 5.31. The van der Waals surface area contributed by atoms with Crippen LogP contribution in [0.4, 0.5) is 10.1 Å². The summed E-state index contributed by atoms with van der Waals surface area (Å²) in [6, 6.07) is 10.5. The Morgan fingerprint density at radius 2 is 1.74 bits per heavy atom. The van der Waals surface area contributed by atoms with Gasteiger partial charge in [-0.1, -0.05) is 18.2 Å². The number of amides is 2. The summed E-state index contributed by atoms with van der Waals surface area (Å²) in [4.78, 5) is 38.7. The average Bonchev–Trinajstić information content (AvgIpc) is 2.93. The van der Waals surface area contributed by atoms with Crippen LogP contribution in [-0.2, 0) is 19.6 Å². The van der Waals surface area contributed by atoms with Crippen molar-refractivity contribution >= 4 is 27.5 Å². The highest BCUT2D eigenvalue weighted by Gasteiger charge is 2.38. The Hall–Kier alpha value is -3.62. The highest BCUT2D eigenvalue weighted by Crippen LogP contribution is 2.33. The third kappa shape index (κ3) is 7.28. The monoisotopic (exact) mass is 564 g/mol. The zero-order valence-electron chi connectivity index (χ0n) is 21.1. The van der Waals surface area contributed by atoms with Gasteiger partial charge in [-0.2, -0.15) is 0 Å². The Kier molecular flexibility index (Phi) is 8.77. The molecule has 2 amide bonds. The largest absolute Gasteiger partial charge is 0.483 e. The number of nitrogens with one attached hydrogen (secondary N) is 1. The van der Waals surface area contributed by atoms with E-state index in [0.29, 0.717) is 26.3 Å². The first-order valence-corrected chi connectivity index (χ1v) is 13.8. The molecule has 12 nitrogen and oxygen atoms in total. The number of piperidine rings is 1. The number of alkyl halides is 1. The Balaban J connectivity index is 1.36. The fraction of sp³-hybridized carbons (Fsp3) is 0.440. The lowest BCUT2D eigenvalue weighted by atomic mass is 9.94. The lowest BCUT2D eigenvalue weighted by molar-refractivity contribution is -0.386. The molecule has 0 bridgehead atoms. The number of rotatable bonds is 9. The van der Waals surface area contributed by atoms with Crippen molar-refractivity contribution in [3.8, 4) is 5.75 Å². The highest BCUT2D eigenvalue weighted by molar-refractivity contribution is 7.90. The van der Waals surface area contributed by atoms with Gasteiger partial charge in [-0.05, 0) is 24.3 Å². The van der Waals surface area contributed by atoms with Crippen LogP contribution in [0.2, 0.25) is 0 Å². The van der Waals surface area contributed by atoms with Crippen molar-refractivity contribution in [2.75, 3.05) is 52.5 Å². The molecule has 1 N–H and O–H groups in total. The van der Waals surface area contributed by atoms with E-state index in [0.717, 1.165) is 18.2 Å². The van der Waals surface area contributed by atoms with E-state index in [-0.39, 0.29) is 49.7 Å². The van der Waals surface area contributed by atoms with Gasteiger partial charge in [0.15, 0.2) is 5.75 Å². The van der Waals surface area contributed by atoms with Gasteiger partial charge in [0.1, 0.15) is 12.3 Å². The Bertz CT molecular complexity index is 1310. The number of benzene rings is 2. The van der Waals surface area contributed by atoms with Crippen molar-refractivity contribution in [1.82, 2.24) is 14.5 Å². The molecule has 0 aliphatic carbocycles. The van der Waals surface area contributed by atoms with Crippen molar-refractivity contribution in [3.63, 3.8) is 0 Å². The molecule has 14 heteroatoms. The van der Waals surface area contributed by atoms with Crippen molar-refractivity contribution in [1.29, 1.82) is 0 Å². The molecule has 0 saturated carbocycles. The summed E-state index contributed by atoms with van der Waals surface area (Å²) in [5.41, 5.74) is -2.41. The Morgan fingerprint density at radius 3 is 2.38 bits per heavy atom. The van der Waals surface area contributed by atoms with Crippen molar-refractivity contribution in [2.24, 2.45) is 0 Å². The Morgan fingerprint density at radius 1 is 1.08 bits per heavy atom. The molecule has 0 radical (unpaired) electrons. The van der Waals surface area contributed by atoms with Gasteiger partial charge >= 0.3 is 5.69 Å². The average molecular weight is 565 g/mol. The first kappa shape index (κ1) is 28.4.